The van der Waals surface area contributed by atoms with Gasteiger partial charge in [-0.05, 0) is 49.3 Å². The zero-order valence-electron chi connectivity index (χ0n) is 21.8. The number of halogens is 7. The number of ether oxygens (including phenoxy) is 3. The minimum absolute atomic E-state index is 0.0380. The van der Waals surface area contributed by atoms with E-state index in [4.69, 9.17) is 15.2 Å². The SMILES string of the molecule is COC(=O)N/N=C(/N)CN1CCOC(OC(C)c2cc(C(F)(F)F)cc(C(F)(F)F)c2)C1C1(C)C=CC(F)=CC1. The van der Waals surface area contributed by atoms with Gasteiger partial charge in [0.05, 0.1) is 43.5 Å². The number of carbonyl (C=O) groups is 1. The molecule has 1 aliphatic heterocycles. The van der Waals surface area contributed by atoms with E-state index in [1.54, 1.807) is 17.9 Å². The lowest BCUT2D eigenvalue weighted by atomic mass is 9.75. The van der Waals surface area contributed by atoms with Crippen LogP contribution in [0.2, 0.25) is 0 Å². The van der Waals surface area contributed by atoms with E-state index in [1.165, 1.54) is 19.1 Å². The number of nitrogens with zero attached hydrogens (tertiary/aromatic N) is 2. The number of morpholine rings is 1. The Labute approximate surface area is 225 Å². The highest BCUT2D eigenvalue weighted by atomic mass is 19.4. The summed E-state index contributed by atoms with van der Waals surface area (Å²) < 4.78 is 111. The molecule has 1 aliphatic carbocycles. The third-order valence-corrected chi connectivity index (χ3v) is 6.61. The number of hydrogen-bond acceptors (Lipinski definition) is 6. The number of rotatable bonds is 7. The number of benzene rings is 1. The summed E-state index contributed by atoms with van der Waals surface area (Å²) in [5.74, 6) is -0.513. The maximum Gasteiger partial charge on any atom is 0.427 e. The van der Waals surface area contributed by atoms with E-state index in [1.807, 2.05) is 0 Å². The van der Waals surface area contributed by atoms with Gasteiger partial charge in [-0.3, -0.25) is 4.90 Å². The van der Waals surface area contributed by atoms with E-state index in [-0.39, 0.29) is 43.6 Å². The molecule has 1 aromatic carbocycles. The summed E-state index contributed by atoms with van der Waals surface area (Å²) in [4.78, 5) is 13.1. The van der Waals surface area contributed by atoms with E-state index >= 15 is 0 Å². The third-order valence-electron chi connectivity index (χ3n) is 6.61. The maximum atomic E-state index is 13.8. The third kappa shape index (κ3) is 7.73. The smallest absolute Gasteiger partial charge is 0.427 e. The highest BCUT2D eigenvalue weighted by Crippen LogP contribution is 2.42. The van der Waals surface area contributed by atoms with Crippen LogP contribution in [-0.4, -0.2) is 56.0 Å². The van der Waals surface area contributed by atoms with Gasteiger partial charge >= 0.3 is 18.4 Å². The predicted octanol–water partition coefficient (Wildman–Crippen LogP) is 5.28. The first-order chi connectivity index (χ1) is 18.5. The largest absolute Gasteiger partial charge is 0.452 e. The van der Waals surface area contributed by atoms with Crippen LogP contribution in [0.3, 0.4) is 0 Å². The van der Waals surface area contributed by atoms with Gasteiger partial charge in [0, 0.05) is 12.0 Å². The van der Waals surface area contributed by atoms with Crippen molar-refractivity contribution in [2.24, 2.45) is 16.3 Å². The van der Waals surface area contributed by atoms with Crippen LogP contribution < -0.4 is 11.2 Å². The summed E-state index contributed by atoms with van der Waals surface area (Å²) in [6.07, 6.45) is -9.02. The Bertz CT molecular complexity index is 1140. The van der Waals surface area contributed by atoms with E-state index in [0.29, 0.717) is 12.1 Å². The first-order valence-electron chi connectivity index (χ1n) is 12.0. The normalized spacial score (nSPS) is 25.4. The summed E-state index contributed by atoms with van der Waals surface area (Å²) >= 11 is 0. The molecule has 4 unspecified atom stereocenters. The monoisotopic (exact) mass is 582 g/mol. The van der Waals surface area contributed by atoms with Crippen LogP contribution in [-0.2, 0) is 26.6 Å². The van der Waals surface area contributed by atoms with Crippen molar-refractivity contribution in [1.29, 1.82) is 0 Å². The molecule has 1 heterocycles. The summed E-state index contributed by atoms with van der Waals surface area (Å²) in [5, 5.41) is 3.75. The Morgan fingerprint density at radius 3 is 2.38 bits per heavy atom. The molecular formula is C25H29F7N4O4. The van der Waals surface area contributed by atoms with Gasteiger partial charge in [0.1, 0.15) is 11.7 Å². The quantitative estimate of drug-likeness (QED) is 0.197. The van der Waals surface area contributed by atoms with Gasteiger partial charge in [-0.1, -0.05) is 13.0 Å². The minimum atomic E-state index is -5.03. The van der Waals surface area contributed by atoms with Crippen LogP contribution in [0.15, 0.2) is 47.4 Å². The van der Waals surface area contributed by atoms with E-state index in [0.717, 1.165) is 7.11 Å². The number of hydrazone groups is 1. The molecular weight excluding hydrogens is 553 g/mol. The Morgan fingerprint density at radius 2 is 1.85 bits per heavy atom. The molecule has 222 valence electrons. The Hall–Kier alpha value is -3.17. The minimum Gasteiger partial charge on any atom is -0.452 e. The molecule has 40 heavy (non-hydrogen) atoms. The summed E-state index contributed by atoms with van der Waals surface area (Å²) in [5.41, 5.74) is 3.89. The number of hydrogen-bond donors (Lipinski definition) is 2. The standard InChI is InChI=1S/C25H29F7N4O4/c1-14(15-10-16(24(27,28)29)12-17(11-15)25(30,31)32)40-21-20(23(2)6-4-18(26)5-7-23)36(8-9-39-21)13-19(33)34-35-22(37)38-3/h4-6,10-12,14,20-21H,7-9,13H2,1-3H3,(H2,33,34)(H,35,37). The lowest BCUT2D eigenvalue weighted by Crippen LogP contribution is -2.60. The topological polar surface area (TPSA) is 98.4 Å². The summed E-state index contributed by atoms with van der Waals surface area (Å²) in [7, 11) is 1.13. The van der Waals surface area contributed by atoms with Crippen molar-refractivity contribution in [1.82, 2.24) is 10.3 Å². The predicted molar refractivity (Wildman–Crippen MR) is 129 cm³/mol. The van der Waals surface area contributed by atoms with Crippen LogP contribution in [0.4, 0.5) is 35.5 Å². The number of allylic oxidation sites excluding steroid dienone is 3. The van der Waals surface area contributed by atoms with Gasteiger partial charge in [0.2, 0.25) is 0 Å². The first-order valence-corrected chi connectivity index (χ1v) is 12.0. The number of amides is 1. The molecule has 8 nitrogen and oxygen atoms in total. The lowest BCUT2D eigenvalue weighted by Gasteiger charge is -2.49. The lowest BCUT2D eigenvalue weighted by molar-refractivity contribution is -0.241. The summed E-state index contributed by atoms with van der Waals surface area (Å²) in [6, 6.07) is 0.485. The average molecular weight is 583 g/mol. The number of nitrogens with one attached hydrogen (secondary N) is 1. The molecule has 1 fully saturated rings. The molecule has 1 aromatic rings. The van der Waals surface area contributed by atoms with Crippen molar-refractivity contribution in [3.63, 3.8) is 0 Å². The van der Waals surface area contributed by atoms with Crippen LogP contribution in [0.1, 0.15) is 43.1 Å². The van der Waals surface area contributed by atoms with E-state index < -0.39 is 59.3 Å². The number of nitrogens with two attached hydrogens (primary N) is 1. The molecule has 1 saturated heterocycles. The fraction of sp³-hybridized carbons (Fsp3) is 0.520. The number of alkyl halides is 6. The highest BCUT2D eigenvalue weighted by Gasteiger charge is 2.46. The number of amidine groups is 1. The maximum absolute atomic E-state index is 13.8. The highest BCUT2D eigenvalue weighted by molar-refractivity contribution is 5.83. The average Bonchev–Trinajstić information content (AvgIpc) is 2.87. The zero-order chi connectivity index (χ0) is 29.9. The van der Waals surface area contributed by atoms with Crippen molar-refractivity contribution < 1.29 is 49.7 Å². The molecule has 4 atom stereocenters. The fourth-order valence-electron chi connectivity index (χ4n) is 4.55. The van der Waals surface area contributed by atoms with Gasteiger partial charge in [-0.25, -0.2) is 14.6 Å². The fourth-order valence-corrected chi connectivity index (χ4v) is 4.55. The van der Waals surface area contributed by atoms with Gasteiger partial charge in [-0.2, -0.15) is 31.4 Å². The Morgan fingerprint density at radius 1 is 1.23 bits per heavy atom. The zero-order valence-corrected chi connectivity index (χ0v) is 21.8. The van der Waals surface area contributed by atoms with Crippen LogP contribution in [0, 0.1) is 5.41 Å². The van der Waals surface area contributed by atoms with Crippen LogP contribution >= 0.6 is 0 Å². The Kier molecular flexibility index (Phi) is 9.52. The molecule has 0 aromatic heterocycles. The van der Waals surface area contributed by atoms with Crippen molar-refractivity contribution in [2.75, 3.05) is 26.8 Å². The van der Waals surface area contributed by atoms with Gasteiger partial charge in [-0.15, -0.1) is 0 Å². The van der Waals surface area contributed by atoms with Crippen molar-refractivity contribution in [3.05, 3.63) is 58.9 Å². The van der Waals surface area contributed by atoms with Crippen LogP contribution in [0.25, 0.3) is 0 Å². The molecule has 0 spiro atoms. The second-order valence-corrected chi connectivity index (χ2v) is 9.61. The molecule has 15 heteroatoms. The second kappa shape index (κ2) is 12.1. The van der Waals surface area contributed by atoms with Crippen molar-refractivity contribution in [3.8, 4) is 0 Å². The molecule has 2 aliphatic rings. The molecule has 0 radical (unpaired) electrons. The van der Waals surface area contributed by atoms with Crippen molar-refractivity contribution in [2.45, 2.75) is 51.1 Å². The van der Waals surface area contributed by atoms with E-state index in [2.05, 4.69) is 15.3 Å². The van der Waals surface area contributed by atoms with Crippen LogP contribution in [0.5, 0.6) is 0 Å². The molecule has 0 bridgehead atoms. The molecule has 1 amide bonds. The molecule has 0 saturated carbocycles. The van der Waals surface area contributed by atoms with Gasteiger partial charge in [0.15, 0.2) is 6.29 Å². The van der Waals surface area contributed by atoms with E-state index in [9.17, 15) is 35.5 Å². The van der Waals surface area contributed by atoms with Gasteiger partial charge in [0.25, 0.3) is 0 Å². The summed E-state index contributed by atoms with van der Waals surface area (Å²) in [6.45, 7) is 3.37. The number of methoxy groups -OCH3 is 1. The second-order valence-electron chi connectivity index (χ2n) is 9.61. The molecule has 3 N–H and O–H groups in total. The Balaban J connectivity index is 1.95. The van der Waals surface area contributed by atoms with Gasteiger partial charge < -0.3 is 19.9 Å². The first kappa shape index (κ1) is 31.4. The van der Waals surface area contributed by atoms with Crippen molar-refractivity contribution >= 4 is 11.9 Å². The number of carbonyl (C=O) groups excluding carboxylic acids is 1. The molecule has 3 rings (SSSR count).